The van der Waals surface area contributed by atoms with E-state index in [-0.39, 0.29) is 5.92 Å². The van der Waals surface area contributed by atoms with E-state index < -0.39 is 0 Å². The number of rotatable bonds is 3. The van der Waals surface area contributed by atoms with E-state index in [9.17, 15) is 0 Å². The molecule has 0 spiro atoms. The van der Waals surface area contributed by atoms with Crippen LogP contribution in [0.2, 0.25) is 0 Å². The van der Waals surface area contributed by atoms with Crippen LogP contribution in [0, 0.1) is 6.92 Å². The van der Waals surface area contributed by atoms with Gasteiger partial charge >= 0.3 is 0 Å². The van der Waals surface area contributed by atoms with Crippen LogP contribution in [0.25, 0.3) is 0 Å². The lowest BCUT2D eigenvalue weighted by Crippen LogP contribution is -2.18. The van der Waals surface area contributed by atoms with E-state index in [1.807, 2.05) is 31.2 Å². The minimum absolute atomic E-state index is 0.220. The third-order valence-corrected chi connectivity index (χ3v) is 3.50. The summed E-state index contributed by atoms with van der Waals surface area (Å²) in [5.74, 6) is 2.96. The average Bonchev–Trinajstić information content (AvgIpc) is 2.46. The lowest BCUT2D eigenvalue weighted by Gasteiger charge is -2.25. The summed E-state index contributed by atoms with van der Waals surface area (Å²) in [5, 5.41) is 3.27. The van der Waals surface area contributed by atoms with Crippen molar-refractivity contribution in [3.8, 4) is 5.75 Å². The van der Waals surface area contributed by atoms with Crippen LogP contribution in [-0.2, 0) is 0 Å². The molecule has 0 bridgehead atoms. The topological polar surface area (TPSA) is 47.0 Å². The molecule has 2 heterocycles. The second kappa shape index (κ2) is 5.49. The van der Waals surface area contributed by atoms with Crippen molar-refractivity contribution >= 4 is 5.82 Å². The number of hydrogen-bond acceptors (Lipinski definition) is 4. The van der Waals surface area contributed by atoms with Crippen molar-refractivity contribution in [3.05, 3.63) is 47.4 Å². The Morgan fingerprint density at radius 3 is 3.00 bits per heavy atom. The fourth-order valence-corrected chi connectivity index (χ4v) is 2.63. The first-order valence-electron chi connectivity index (χ1n) is 7.09. The Labute approximate surface area is 119 Å². The maximum Gasteiger partial charge on any atom is 0.138 e. The smallest absolute Gasteiger partial charge is 0.138 e. The summed E-state index contributed by atoms with van der Waals surface area (Å²) in [5.41, 5.74) is 2.18. The molecule has 3 rings (SSSR count). The highest BCUT2D eigenvalue weighted by atomic mass is 16.5. The summed E-state index contributed by atoms with van der Waals surface area (Å²) in [4.78, 5) is 9.30. The fraction of sp³-hybridized carbons (Fsp3) is 0.375. The molecule has 2 aromatic rings. The molecule has 20 heavy (non-hydrogen) atoms. The zero-order valence-corrected chi connectivity index (χ0v) is 11.9. The number of fused-ring (bicyclic) bond motifs is 1. The van der Waals surface area contributed by atoms with Gasteiger partial charge in [-0.3, -0.25) is 0 Å². The first-order chi connectivity index (χ1) is 9.78. The lowest BCUT2D eigenvalue weighted by molar-refractivity contribution is 0.274. The molecule has 1 unspecified atom stereocenters. The minimum Gasteiger partial charge on any atom is -0.493 e. The molecule has 4 heteroatoms. The molecular formula is C16H19N3O. The van der Waals surface area contributed by atoms with E-state index in [4.69, 9.17) is 4.74 Å². The van der Waals surface area contributed by atoms with Gasteiger partial charge in [0.15, 0.2) is 0 Å². The number of benzene rings is 1. The van der Waals surface area contributed by atoms with Gasteiger partial charge in [0.05, 0.1) is 12.5 Å². The number of para-hydroxylation sites is 1. The molecule has 0 fully saturated rings. The van der Waals surface area contributed by atoms with Crippen LogP contribution in [0.3, 0.4) is 0 Å². The van der Waals surface area contributed by atoms with Crippen LogP contribution >= 0.6 is 0 Å². The standard InChI is InChI=1S/C16H19N3O/c1-3-17-15-10-11(2)18-16(19-15)13-8-9-20-14-7-5-4-6-12(13)14/h4-7,10,13H,3,8-9H2,1-2H3,(H,17,18,19). The van der Waals surface area contributed by atoms with Crippen LogP contribution in [0.15, 0.2) is 30.3 Å². The van der Waals surface area contributed by atoms with Gasteiger partial charge in [0.2, 0.25) is 0 Å². The molecule has 104 valence electrons. The third kappa shape index (κ3) is 2.46. The molecule has 1 aromatic carbocycles. The summed E-state index contributed by atoms with van der Waals surface area (Å²) in [6, 6.07) is 10.2. The van der Waals surface area contributed by atoms with E-state index in [1.165, 1.54) is 5.56 Å². The van der Waals surface area contributed by atoms with Gasteiger partial charge in [0.1, 0.15) is 17.4 Å². The molecular weight excluding hydrogens is 250 g/mol. The molecule has 1 aliphatic rings. The summed E-state index contributed by atoms with van der Waals surface area (Å²) in [7, 11) is 0. The Balaban J connectivity index is 2.01. The molecule has 1 aromatic heterocycles. The van der Waals surface area contributed by atoms with Crippen molar-refractivity contribution < 1.29 is 4.74 Å². The van der Waals surface area contributed by atoms with E-state index in [0.29, 0.717) is 0 Å². The molecule has 0 amide bonds. The monoisotopic (exact) mass is 269 g/mol. The lowest BCUT2D eigenvalue weighted by atomic mass is 9.92. The molecule has 0 saturated heterocycles. The summed E-state index contributed by atoms with van der Waals surface area (Å²) >= 11 is 0. The molecule has 4 nitrogen and oxygen atoms in total. The van der Waals surface area contributed by atoms with Crippen molar-refractivity contribution in [1.29, 1.82) is 0 Å². The average molecular weight is 269 g/mol. The molecule has 0 saturated carbocycles. The fourth-order valence-electron chi connectivity index (χ4n) is 2.63. The first-order valence-corrected chi connectivity index (χ1v) is 7.09. The van der Waals surface area contributed by atoms with Gasteiger partial charge < -0.3 is 10.1 Å². The van der Waals surface area contributed by atoms with Crippen LogP contribution < -0.4 is 10.1 Å². The van der Waals surface area contributed by atoms with Gasteiger partial charge in [-0.2, -0.15) is 0 Å². The number of hydrogen-bond donors (Lipinski definition) is 1. The number of ether oxygens (including phenoxy) is 1. The Morgan fingerprint density at radius 1 is 1.30 bits per heavy atom. The Bertz CT molecular complexity index is 612. The van der Waals surface area contributed by atoms with E-state index in [2.05, 4.69) is 28.3 Å². The second-order valence-electron chi connectivity index (χ2n) is 5.01. The van der Waals surface area contributed by atoms with Gasteiger partial charge in [0.25, 0.3) is 0 Å². The quantitative estimate of drug-likeness (QED) is 0.930. The van der Waals surface area contributed by atoms with Crippen molar-refractivity contribution in [2.45, 2.75) is 26.2 Å². The number of anilines is 1. The van der Waals surface area contributed by atoms with Crippen molar-refractivity contribution in [3.63, 3.8) is 0 Å². The predicted octanol–water partition coefficient (Wildman–Crippen LogP) is 3.13. The zero-order chi connectivity index (χ0) is 13.9. The Morgan fingerprint density at radius 2 is 2.15 bits per heavy atom. The van der Waals surface area contributed by atoms with Gasteiger partial charge in [-0.05, 0) is 26.3 Å². The SMILES string of the molecule is CCNc1cc(C)nc(C2CCOc3ccccc32)n1. The summed E-state index contributed by atoms with van der Waals surface area (Å²) in [6.07, 6.45) is 0.923. The summed E-state index contributed by atoms with van der Waals surface area (Å²) in [6.45, 7) is 5.66. The normalized spacial score (nSPS) is 17.2. The number of aromatic nitrogens is 2. The largest absolute Gasteiger partial charge is 0.493 e. The van der Waals surface area contributed by atoms with Crippen LogP contribution in [0.5, 0.6) is 5.75 Å². The molecule has 1 N–H and O–H groups in total. The van der Waals surface area contributed by atoms with Crippen LogP contribution in [0.4, 0.5) is 5.82 Å². The number of nitrogens with one attached hydrogen (secondary N) is 1. The first kappa shape index (κ1) is 12.9. The molecule has 0 aliphatic carbocycles. The van der Waals surface area contributed by atoms with E-state index in [1.54, 1.807) is 0 Å². The van der Waals surface area contributed by atoms with Gasteiger partial charge in [-0.15, -0.1) is 0 Å². The number of nitrogens with zero attached hydrogens (tertiary/aromatic N) is 2. The van der Waals surface area contributed by atoms with Crippen LogP contribution in [0.1, 0.15) is 36.3 Å². The number of aryl methyl sites for hydroxylation is 1. The highest BCUT2D eigenvalue weighted by molar-refractivity contribution is 5.43. The van der Waals surface area contributed by atoms with Gasteiger partial charge in [0, 0.05) is 23.9 Å². The van der Waals surface area contributed by atoms with E-state index >= 15 is 0 Å². The van der Waals surface area contributed by atoms with Crippen molar-refractivity contribution in [1.82, 2.24) is 9.97 Å². The van der Waals surface area contributed by atoms with Crippen molar-refractivity contribution in [2.75, 3.05) is 18.5 Å². The van der Waals surface area contributed by atoms with Crippen LogP contribution in [-0.4, -0.2) is 23.1 Å². The van der Waals surface area contributed by atoms with Gasteiger partial charge in [-0.1, -0.05) is 18.2 Å². The minimum atomic E-state index is 0.220. The zero-order valence-electron chi connectivity index (χ0n) is 11.9. The highest BCUT2D eigenvalue weighted by Gasteiger charge is 2.25. The van der Waals surface area contributed by atoms with Gasteiger partial charge in [-0.25, -0.2) is 9.97 Å². The third-order valence-electron chi connectivity index (χ3n) is 3.50. The molecule has 1 atom stereocenters. The Hall–Kier alpha value is -2.10. The van der Waals surface area contributed by atoms with Crippen molar-refractivity contribution in [2.24, 2.45) is 0 Å². The predicted molar refractivity (Wildman–Crippen MR) is 79.3 cm³/mol. The second-order valence-corrected chi connectivity index (χ2v) is 5.01. The maximum absolute atomic E-state index is 5.71. The maximum atomic E-state index is 5.71. The molecule has 1 aliphatic heterocycles. The summed E-state index contributed by atoms with van der Waals surface area (Å²) < 4.78 is 5.71. The highest BCUT2D eigenvalue weighted by Crippen LogP contribution is 2.36. The molecule has 0 radical (unpaired) electrons. The van der Waals surface area contributed by atoms with E-state index in [0.717, 1.165) is 42.7 Å². The Kier molecular flexibility index (Phi) is 3.54.